The van der Waals surface area contributed by atoms with Gasteiger partial charge in [0.15, 0.2) is 0 Å². The molecule has 0 radical (unpaired) electrons. The lowest BCUT2D eigenvalue weighted by atomic mass is 10.1. The maximum Gasteiger partial charge on any atom is 0.122 e. The molecule has 0 saturated carbocycles. The Kier molecular flexibility index (Phi) is 4.15. The van der Waals surface area contributed by atoms with Crippen molar-refractivity contribution in [3.8, 4) is 5.75 Å². The molecular weight excluding hydrogens is 314 g/mol. The van der Waals surface area contributed by atoms with Crippen LogP contribution in [0.15, 0.2) is 40.9 Å². The van der Waals surface area contributed by atoms with Crippen molar-refractivity contribution in [1.29, 1.82) is 0 Å². The summed E-state index contributed by atoms with van der Waals surface area (Å²) in [5.41, 5.74) is 2.85. The molecule has 0 bridgehead atoms. The number of nitrogens with one attached hydrogen (secondary N) is 1. The number of rotatable bonds is 3. The van der Waals surface area contributed by atoms with Gasteiger partial charge in [0, 0.05) is 27.3 Å². The van der Waals surface area contributed by atoms with Crippen molar-refractivity contribution in [2.75, 3.05) is 5.32 Å². The molecule has 4 heteroatoms. The van der Waals surface area contributed by atoms with Crippen LogP contribution in [-0.2, 0) is 6.54 Å². The molecule has 0 unspecified atom stereocenters. The van der Waals surface area contributed by atoms with Crippen molar-refractivity contribution in [1.82, 2.24) is 0 Å². The van der Waals surface area contributed by atoms with Crippen LogP contribution < -0.4 is 5.32 Å². The second-order valence-electron chi connectivity index (χ2n) is 4.00. The number of aromatic hydroxyl groups is 1. The molecule has 0 saturated heterocycles. The fourth-order valence-electron chi connectivity index (χ4n) is 1.70. The highest BCUT2D eigenvalue weighted by atomic mass is 79.9. The average Bonchev–Trinajstić information content (AvgIpc) is 2.33. The Morgan fingerprint density at radius 2 is 1.94 bits per heavy atom. The van der Waals surface area contributed by atoms with Crippen LogP contribution in [0, 0.1) is 6.92 Å². The van der Waals surface area contributed by atoms with E-state index in [-0.39, 0.29) is 5.75 Å². The zero-order chi connectivity index (χ0) is 13.1. The van der Waals surface area contributed by atoms with Crippen LogP contribution in [-0.4, -0.2) is 5.11 Å². The molecule has 0 heterocycles. The van der Waals surface area contributed by atoms with Gasteiger partial charge >= 0.3 is 0 Å². The first kappa shape index (κ1) is 13.2. The first-order valence-electron chi connectivity index (χ1n) is 5.55. The van der Waals surface area contributed by atoms with Crippen molar-refractivity contribution in [2.24, 2.45) is 0 Å². The zero-order valence-electron chi connectivity index (χ0n) is 9.87. The smallest absolute Gasteiger partial charge is 0.122 e. The van der Waals surface area contributed by atoms with Gasteiger partial charge in [0.05, 0.1) is 0 Å². The first-order valence-corrected chi connectivity index (χ1v) is 6.72. The number of phenolic OH excluding ortho intramolecular Hbond substituents is 1. The minimum Gasteiger partial charge on any atom is -0.508 e. The predicted octanol–water partition coefficient (Wildman–Crippen LogP) is 4.73. The fourth-order valence-corrected chi connectivity index (χ4v) is 2.31. The molecule has 0 fully saturated rings. The first-order chi connectivity index (χ1) is 8.59. The van der Waals surface area contributed by atoms with Crippen LogP contribution in [0.3, 0.4) is 0 Å². The highest BCUT2D eigenvalue weighted by Gasteiger charge is 2.07. The lowest BCUT2D eigenvalue weighted by Crippen LogP contribution is -2.02. The van der Waals surface area contributed by atoms with E-state index >= 15 is 0 Å². The third-order valence-electron chi connectivity index (χ3n) is 2.82. The van der Waals surface area contributed by atoms with Gasteiger partial charge in [0.2, 0.25) is 0 Å². The van der Waals surface area contributed by atoms with Gasteiger partial charge in [-0.3, -0.25) is 0 Å². The van der Waals surface area contributed by atoms with Crippen molar-refractivity contribution >= 4 is 33.2 Å². The standard InChI is InChI=1S/C14H13BrClNO/c1-9-11(15)4-2-6-13(9)17-8-10-12(16)5-3-7-14(10)18/h2-7,17-18H,8H2,1H3. The van der Waals surface area contributed by atoms with Gasteiger partial charge in [0.1, 0.15) is 5.75 Å². The molecular formula is C14H13BrClNO. The summed E-state index contributed by atoms with van der Waals surface area (Å²) >= 11 is 9.54. The molecule has 2 N–H and O–H groups in total. The number of anilines is 1. The molecule has 2 aromatic carbocycles. The summed E-state index contributed by atoms with van der Waals surface area (Å²) < 4.78 is 1.05. The molecule has 2 aromatic rings. The largest absolute Gasteiger partial charge is 0.508 e. The highest BCUT2D eigenvalue weighted by molar-refractivity contribution is 9.10. The van der Waals surface area contributed by atoms with Crippen LogP contribution in [0.5, 0.6) is 5.75 Å². The Hall–Kier alpha value is -1.19. The van der Waals surface area contributed by atoms with E-state index in [1.165, 1.54) is 0 Å². The van der Waals surface area contributed by atoms with Gasteiger partial charge in [-0.25, -0.2) is 0 Å². The zero-order valence-corrected chi connectivity index (χ0v) is 12.2. The summed E-state index contributed by atoms with van der Waals surface area (Å²) in [6, 6.07) is 11.1. The van der Waals surface area contributed by atoms with Crippen molar-refractivity contribution in [3.63, 3.8) is 0 Å². The Balaban J connectivity index is 2.19. The quantitative estimate of drug-likeness (QED) is 0.854. The summed E-state index contributed by atoms with van der Waals surface area (Å²) in [7, 11) is 0. The van der Waals surface area contributed by atoms with Crippen LogP contribution in [0.4, 0.5) is 5.69 Å². The van der Waals surface area contributed by atoms with E-state index in [2.05, 4.69) is 21.2 Å². The van der Waals surface area contributed by atoms with Gasteiger partial charge in [-0.2, -0.15) is 0 Å². The molecule has 0 atom stereocenters. The molecule has 94 valence electrons. The average molecular weight is 327 g/mol. The molecule has 0 aliphatic rings. The Labute approximate surface area is 120 Å². The van der Waals surface area contributed by atoms with Gasteiger partial charge in [0.25, 0.3) is 0 Å². The number of phenols is 1. The second-order valence-corrected chi connectivity index (χ2v) is 5.27. The van der Waals surface area contributed by atoms with Crippen molar-refractivity contribution in [2.45, 2.75) is 13.5 Å². The Bertz CT molecular complexity index is 551. The van der Waals surface area contributed by atoms with E-state index in [1.807, 2.05) is 25.1 Å². The minimum atomic E-state index is 0.211. The van der Waals surface area contributed by atoms with Gasteiger partial charge in [-0.05, 0) is 36.8 Å². The summed E-state index contributed by atoms with van der Waals surface area (Å²) in [5.74, 6) is 0.211. The number of benzene rings is 2. The van der Waals surface area contributed by atoms with E-state index in [1.54, 1.807) is 18.2 Å². The number of hydrogen-bond donors (Lipinski definition) is 2. The lowest BCUT2D eigenvalue weighted by Gasteiger charge is -2.12. The van der Waals surface area contributed by atoms with Gasteiger partial charge < -0.3 is 10.4 Å². The third kappa shape index (κ3) is 2.79. The topological polar surface area (TPSA) is 32.3 Å². The molecule has 2 nitrogen and oxygen atoms in total. The molecule has 18 heavy (non-hydrogen) atoms. The number of hydrogen-bond acceptors (Lipinski definition) is 2. The Morgan fingerprint density at radius 1 is 1.22 bits per heavy atom. The molecule has 0 aromatic heterocycles. The van der Waals surface area contributed by atoms with E-state index < -0.39 is 0 Å². The third-order valence-corrected chi connectivity index (χ3v) is 4.03. The minimum absolute atomic E-state index is 0.211. The number of halogens is 2. The normalized spacial score (nSPS) is 10.4. The summed E-state index contributed by atoms with van der Waals surface area (Å²) in [5, 5.41) is 13.6. The van der Waals surface area contributed by atoms with E-state index in [9.17, 15) is 5.11 Å². The van der Waals surface area contributed by atoms with Crippen molar-refractivity contribution < 1.29 is 5.11 Å². The highest BCUT2D eigenvalue weighted by Crippen LogP contribution is 2.28. The van der Waals surface area contributed by atoms with Gasteiger partial charge in [-0.1, -0.05) is 39.7 Å². The molecule has 0 amide bonds. The maximum atomic E-state index is 9.76. The van der Waals surface area contributed by atoms with Crippen molar-refractivity contribution in [3.05, 3.63) is 57.0 Å². The molecule has 0 aliphatic carbocycles. The lowest BCUT2D eigenvalue weighted by molar-refractivity contribution is 0.469. The van der Waals surface area contributed by atoms with E-state index in [0.29, 0.717) is 17.1 Å². The molecule has 2 rings (SSSR count). The summed E-state index contributed by atoms with van der Waals surface area (Å²) in [6.07, 6.45) is 0. The fraction of sp³-hybridized carbons (Fsp3) is 0.143. The van der Waals surface area contributed by atoms with Crippen LogP contribution in [0.25, 0.3) is 0 Å². The summed E-state index contributed by atoms with van der Waals surface area (Å²) in [6.45, 7) is 2.52. The van der Waals surface area contributed by atoms with E-state index in [4.69, 9.17) is 11.6 Å². The monoisotopic (exact) mass is 325 g/mol. The maximum absolute atomic E-state index is 9.76. The Morgan fingerprint density at radius 3 is 2.67 bits per heavy atom. The molecule has 0 spiro atoms. The molecule has 0 aliphatic heterocycles. The van der Waals surface area contributed by atoms with Crippen LogP contribution >= 0.6 is 27.5 Å². The predicted molar refractivity (Wildman–Crippen MR) is 79.3 cm³/mol. The van der Waals surface area contributed by atoms with E-state index in [0.717, 1.165) is 15.7 Å². The van der Waals surface area contributed by atoms with Crippen LogP contribution in [0.1, 0.15) is 11.1 Å². The van der Waals surface area contributed by atoms with Crippen LogP contribution in [0.2, 0.25) is 5.02 Å². The SMILES string of the molecule is Cc1c(Br)cccc1NCc1c(O)cccc1Cl. The summed E-state index contributed by atoms with van der Waals surface area (Å²) in [4.78, 5) is 0. The second kappa shape index (κ2) is 5.63. The van der Waals surface area contributed by atoms with Gasteiger partial charge in [-0.15, -0.1) is 0 Å².